The first-order valence-corrected chi connectivity index (χ1v) is 8.23. The van der Waals surface area contributed by atoms with Crippen molar-refractivity contribution in [3.63, 3.8) is 0 Å². The summed E-state index contributed by atoms with van der Waals surface area (Å²) in [4.78, 5) is 10.6. The van der Waals surface area contributed by atoms with Gasteiger partial charge in [-0.3, -0.25) is 4.79 Å². The minimum atomic E-state index is -0.536. The molecule has 0 aliphatic rings. The van der Waals surface area contributed by atoms with E-state index in [0.29, 0.717) is 29.2 Å². The maximum Gasteiger partial charge on any atom is 0.160 e. The van der Waals surface area contributed by atoms with Gasteiger partial charge in [-0.2, -0.15) is 0 Å². The molecule has 0 radical (unpaired) electrons. The molecule has 0 heterocycles. The Hall–Kier alpha value is -2.53. The molecule has 2 aromatic carbocycles. The van der Waals surface area contributed by atoms with E-state index in [1.54, 1.807) is 38.5 Å². The number of hydrogen-bond donors (Lipinski definition) is 1. The van der Waals surface area contributed by atoms with Crippen LogP contribution >= 0.6 is 0 Å². The van der Waals surface area contributed by atoms with Crippen LogP contribution in [0.4, 0.5) is 0 Å². The molecule has 25 heavy (non-hydrogen) atoms. The summed E-state index contributed by atoms with van der Waals surface area (Å²) in [5.41, 5.74) is 1.73. The Morgan fingerprint density at radius 1 is 1.04 bits per heavy atom. The molecule has 134 valence electrons. The van der Waals surface area contributed by atoms with Gasteiger partial charge in [-0.05, 0) is 61.2 Å². The number of carbonyl (C=O) groups is 1. The molecule has 0 saturated heterocycles. The normalized spacial score (nSPS) is 11.6. The fourth-order valence-corrected chi connectivity index (χ4v) is 2.50. The zero-order valence-electron chi connectivity index (χ0n) is 14.6. The van der Waals surface area contributed by atoms with Gasteiger partial charge < -0.3 is 19.3 Å². The highest BCUT2D eigenvalue weighted by Crippen LogP contribution is 2.28. The third kappa shape index (κ3) is 5.80. The summed E-state index contributed by atoms with van der Waals surface area (Å²) >= 11 is 0. The molecule has 5 heteroatoms. The molecule has 0 bridgehead atoms. The van der Waals surface area contributed by atoms with Crippen LogP contribution in [0, 0.1) is 0 Å². The van der Waals surface area contributed by atoms with Crippen molar-refractivity contribution in [2.45, 2.75) is 25.4 Å². The van der Waals surface area contributed by atoms with Gasteiger partial charge >= 0.3 is 0 Å². The highest BCUT2D eigenvalue weighted by atomic mass is 16.5. The molecule has 0 fully saturated rings. The average molecular weight is 344 g/mol. The lowest BCUT2D eigenvalue weighted by Crippen LogP contribution is -2.17. The lowest BCUT2D eigenvalue weighted by Gasteiger charge is -2.13. The Labute approximate surface area is 148 Å². The summed E-state index contributed by atoms with van der Waals surface area (Å²) in [7, 11) is 3.23. The van der Waals surface area contributed by atoms with Crippen LogP contribution in [0.15, 0.2) is 42.5 Å². The number of aliphatic hydroxyl groups excluding tert-OH is 1. The lowest BCUT2D eigenvalue weighted by molar-refractivity contribution is 0.0982. The number of ether oxygens (including phenoxy) is 3. The molecule has 0 saturated carbocycles. The predicted molar refractivity (Wildman–Crippen MR) is 95.8 cm³/mol. The van der Waals surface area contributed by atoms with Crippen molar-refractivity contribution in [2.75, 3.05) is 20.8 Å². The molecule has 1 N–H and O–H groups in total. The van der Waals surface area contributed by atoms with E-state index < -0.39 is 6.10 Å². The highest BCUT2D eigenvalue weighted by molar-refractivity contribution is 5.74. The van der Waals surface area contributed by atoms with Crippen molar-refractivity contribution in [3.05, 3.63) is 53.6 Å². The smallest absolute Gasteiger partial charge is 0.160 e. The number of aliphatic hydroxyl groups is 1. The van der Waals surface area contributed by atoms with Crippen LogP contribution in [-0.2, 0) is 6.42 Å². The standard InChI is InChI=1S/C20H24O5/c1-23-19-11-8-15(12-20(19)24-2)4-3-5-17(22)14-25-18-9-6-16(13-21)7-10-18/h6-13,17,22H,3-5,14H2,1-2H3. The van der Waals surface area contributed by atoms with E-state index in [1.807, 2.05) is 18.2 Å². The van der Waals surface area contributed by atoms with E-state index in [1.165, 1.54) is 0 Å². The summed E-state index contributed by atoms with van der Waals surface area (Å²) in [6, 6.07) is 12.7. The van der Waals surface area contributed by atoms with Crippen LogP contribution in [0.1, 0.15) is 28.8 Å². The molecule has 2 aromatic rings. The largest absolute Gasteiger partial charge is 0.493 e. The first kappa shape index (κ1) is 18.8. The monoisotopic (exact) mass is 344 g/mol. The van der Waals surface area contributed by atoms with Crippen LogP contribution in [0.2, 0.25) is 0 Å². The van der Waals surface area contributed by atoms with Gasteiger partial charge in [-0.1, -0.05) is 6.07 Å². The topological polar surface area (TPSA) is 65.0 Å². The van der Waals surface area contributed by atoms with E-state index >= 15 is 0 Å². The predicted octanol–water partition coefficient (Wildman–Crippen LogP) is 3.28. The van der Waals surface area contributed by atoms with Crippen molar-refractivity contribution in [3.8, 4) is 17.2 Å². The van der Waals surface area contributed by atoms with Crippen LogP contribution in [0.25, 0.3) is 0 Å². The van der Waals surface area contributed by atoms with Gasteiger partial charge in [0.05, 0.1) is 20.3 Å². The first-order chi connectivity index (χ1) is 12.2. The average Bonchev–Trinajstić information content (AvgIpc) is 2.66. The van der Waals surface area contributed by atoms with Crippen LogP contribution in [-0.4, -0.2) is 38.3 Å². The Kier molecular flexibility index (Phi) is 7.29. The number of rotatable bonds is 10. The fraction of sp³-hybridized carbons (Fsp3) is 0.350. The number of carbonyl (C=O) groups excluding carboxylic acids is 1. The van der Waals surface area contributed by atoms with Gasteiger partial charge in [0.25, 0.3) is 0 Å². The van der Waals surface area contributed by atoms with E-state index in [2.05, 4.69) is 0 Å². The van der Waals surface area contributed by atoms with Gasteiger partial charge in [0.15, 0.2) is 11.5 Å². The number of aldehydes is 1. The molecule has 0 spiro atoms. The highest BCUT2D eigenvalue weighted by Gasteiger charge is 2.08. The van der Waals surface area contributed by atoms with Gasteiger partial charge in [0.2, 0.25) is 0 Å². The quantitative estimate of drug-likeness (QED) is 0.670. The summed E-state index contributed by atoms with van der Waals surface area (Å²) < 4.78 is 16.0. The minimum Gasteiger partial charge on any atom is -0.493 e. The Morgan fingerprint density at radius 3 is 2.40 bits per heavy atom. The van der Waals surface area contributed by atoms with Gasteiger partial charge in [-0.15, -0.1) is 0 Å². The van der Waals surface area contributed by atoms with Gasteiger partial charge in [0, 0.05) is 5.56 Å². The maximum absolute atomic E-state index is 10.6. The third-order valence-corrected chi connectivity index (χ3v) is 3.91. The molecule has 0 aliphatic carbocycles. The first-order valence-electron chi connectivity index (χ1n) is 8.23. The van der Waals surface area contributed by atoms with E-state index in [4.69, 9.17) is 14.2 Å². The Bertz CT molecular complexity index is 666. The third-order valence-electron chi connectivity index (χ3n) is 3.91. The lowest BCUT2D eigenvalue weighted by atomic mass is 10.1. The summed E-state index contributed by atoms with van der Waals surface area (Å²) in [6.07, 6.45) is 2.56. The van der Waals surface area contributed by atoms with Crippen molar-refractivity contribution in [1.82, 2.24) is 0 Å². The second-order valence-corrected chi connectivity index (χ2v) is 5.73. The number of methoxy groups -OCH3 is 2. The van der Waals surface area contributed by atoms with Crippen molar-refractivity contribution >= 4 is 6.29 Å². The molecular formula is C20H24O5. The minimum absolute atomic E-state index is 0.229. The van der Waals surface area contributed by atoms with E-state index in [0.717, 1.165) is 24.7 Å². The molecule has 2 rings (SSSR count). The molecule has 0 aliphatic heterocycles. The van der Waals surface area contributed by atoms with E-state index in [-0.39, 0.29) is 6.61 Å². The number of hydrogen-bond acceptors (Lipinski definition) is 5. The summed E-state index contributed by atoms with van der Waals surface area (Å²) in [5.74, 6) is 2.06. The summed E-state index contributed by atoms with van der Waals surface area (Å²) in [6.45, 7) is 0.229. The number of aryl methyl sites for hydroxylation is 1. The maximum atomic E-state index is 10.6. The van der Waals surface area contributed by atoms with Crippen molar-refractivity contribution < 1.29 is 24.1 Å². The van der Waals surface area contributed by atoms with E-state index in [9.17, 15) is 9.90 Å². The molecule has 0 amide bonds. The Morgan fingerprint density at radius 2 is 1.76 bits per heavy atom. The zero-order chi connectivity index (χ0) is 18.1. The van der Waals surface area contributed by atoms with Gasteiger partial charge in [0.1, 0.15) is 18.6 Å². The fourth-order valence-electron chi connectivity index (χ4n) is 2.50. The van der Waals surface area contributed by atoms with Crippen LogP contribution < -0.4 is 14.2 Å². The van der Waals surface area contributed by atoms with Crippen LogP contribution in [0.5, 0.6) is 17.2 Å². The van der Waals surface area contributed by atoms with Crippen molar-refractivity contribution in [1.29, 1.82) is 0 Å². The second-order valence-electron chi connectivity index (χ2n) is 5.73. The molecule has 0 aromatic heterocycles. The molecule has 1 unspecified atom stereocenters. The molecular weight excluding hydrogens is 320 g/mol. The second kappa shape index (κ2) is 9.69. The SMILES string of the molecule is COc1ccc(CCCC(O)COc2ccc(C=O)cc2)cc1OC. The van der Waals surface area contributed by atoms with Crippen LogP contribution in [0.3, 0.4) is 0 Å². The molecule has 5 nitrogen and oxygen atoms in total. The Balaban J connectivity index is 1.74. The summed E-state index contributed by atoms with van der Waals surface area (Å²) in [5, 5.41) is 10.0. The number of benzene rings is 2. The van der Waals surface area contributed by atoms with Crippen molar-refractivity contribution in [2.24, 2.45) is 0 Å². The zero-order valence-corrected chi connectivity index (χ0v) is 14.6. The van der Waals surface area contributed by atoms with Gasteiger partial charge in [-0.25, -0.2) is 0 Å². The molecule has 1 atom stereocenters.